The van der Waals surface area contributed by atoms with Crippen LogP contribution < -0.4 is 5.48 Å². The van der Waals surface area contributed by atoms with Crippen LogP contribution >= 0.6 is 0 Å². The number of carbonyl (C=O) groups excluding carboxylic acids is 1. The lowest BCUT2D eigenvalue weighted by Gasteiger charge is -2.12. The molecule has 0 aliphatic carbocycles. The zero-order valence-corrected chi connectivity index (χ0v) is 11.2. The molecule has 1 aromatic carbocycles. The Hall–Kier alpha value is -2.14. The zero-order valence-electron chi connectivity index (χ0n) is 11.2. The summed E-state index contributed by atoms with van der Waals surface area (Å²) in [6.45, 7) is 5.97. The van der Waals surface area contributed by atoms with E-state index in [2.05, 4.69) is 5.10 Å². The molecule has 1 amide bonds. The summed E-state index contributed by atoms with van der Waals surface area (Å²) in [5, 5.41) is 13.0. The van der Waals surface area contributed by atoms with Crippen LogP contribution in [-0.2, 0) is 0 Å². The molecule has 5 heteroatoms. The Bertz CT molecular complexity index is 602. The molecule has 2 N–H and O–H groups in total. The van der Waals surface area contributed by atoms with E-state index >= 15 is 0 Å². The van der Waals surface area contributed by atoms with Crippen LogP contribution in [0.15, 0.2) is 30.5 Å². The Kier molecular flexibility index (Phi) is 3.66. The average Bonchev–Trinajstić information content (AvgIpc) is 2.82. The first-order chi connectivity index (χ1) is 9.04. The molecule has 2 rings (SSSR count). The summed E-state index contributed by atoms with van der Waals surface area (Å²) < 4.78 is 1.74. The molecule has 0 unspecified atom stereocenters. The molecule has 19 heavy (non-hydrogen) atoms. The maximum atomic E-state index is 11.6. The van der Waals surface area contributed by atoms with Crippen LogP contribution in [0.25, 0.3) is 5.69 Å². The van der Waals surface area contributed by atoms with Gasteiger partial charge in [0.25, 0.3) is 5.91 Å². The minimum absolute atomic E-state index is 0.107. The van der Waals surface area contributed by atoms with Crippen molar-refractivity contribution in [1.29, 1.82) is 0 Å². The van der Waals surface area contributed by atoms with Crippen molar-refractivity contribution in [2.24, 2.45) is 0 Å². The molecule has 0 fully saturated rings. The van der Waals surface area contributed by atoms with E-state index < -0.39 is 5.91 Å². The molecule has 1 heterocycles. The van der Waals surface area contributed by atoms with E-state index in [0.717, 1.165) is 16.9 Å². The summed E-state index contributed by atoms with van der Waals surface area (Å²) >= 11 is 0. The van der Waals surface area contributed by atoms with Gasteiger partial charge in [0.15, 0.2) is 0 Å². The third kappa shape index (κ3) is 2.51. The summed E-state index contributed by atoms with van der Waals surface area (Å²) in [6.07, 6.45) is 1.48. The summed E-state index contributed by atoms with van der Waals surface area (Å²) in [5.74, 6) is -0.432. The highest BCUT2D eigenvalue weighted by Gasteiger charge is 2.20. The number of hydroxylamine groups is 1. The normalized spacial score (nSPS) is 10.8. The lowest BCUT2D eigenvalue weighted by atomic mass is 10.1. The molecule has 0 saturated carbocycles. The minimum Gasteiger partial charge on any atom is -0.288 e. The quantitative estimate of drug-likeness (QED) is 0.657. The van der Waals surface area contributed by atoms with Crippen LogP contribution in [0.4, 0.5) is 0 Å². The van der Waals surface area contributed by atoms with Gasteiger partial charge in [-0.3, -0.25) is 10.0 Å². The standard InChI is InChI=1S/C14H17N3O2/c1-9(2)13-12(14(18)16-19)8-15-17(13)11-6-4-5-10(3)7-11/h4-9,19H,1-3H3,(H,16,18). The Labute approximate surface area is 111 Å². The Balaban J connectivity index is 2.58. The Morgan fingerprint density at radius 1 is 1.42 bits per heavy atom. The molecule has 0 bridgehead atoms. The van der Waals surface area contributed by atoms with Crippen LogP contribution in [0.2, 0.25) is 0 Å². The van der Waals surface area contributed by atoms with Gasteiger partial charge in [-0.1, -0.05) is 26.0 Å². The van der Waals surface area contributed by atoms with E-state index in [-0.39, 0.29) is 5.92 Å². The molecule has 0 aliphatic heterocycles. The highest BCUT2D eigenvalue weighted by Crippen LogP contribution is 2.23. The van der Waals surface area contributed by atoms with Crippen molar-refractivity contribution < 1.29 is 10.0 Å². The number of amides is 1. The van der Waals surface area contributed by atoms with E-state index in [1.54, 1.807) is 10.2 Å². The third-order valence-electron chi connectivity index (χ3n) is 2.95. The topological polar surface area (TPSA) is 67.2 Å². The van der Waals surface area contributed by atoms with Gasteiger partial charge < -0.3 is 0 Å². The minimum atomic E-state index is -0.539. The molecule has 1 aromatic heterocycles. The second-order valence-corrected chi connectivity index (χ2v) is 4.79. The molecule has 0 radical (unpaired) electrons. The molecule has 5 nitrogen and oxygen atoms in total. The van der Waals surface area contributed by atoms with Crippen molar-refractivity contribution >= 4 is 5.91 Å². The van der Waals surface area contributed by atoms with Crippen molar-refractivity contribution in [2.45, 2.75) is 26.7 Å². The van der Waals surface area contributed by atoms with Crippen molar-refractivity contribution in [3.05, 3.63) is 47.3 Å². The van der Waals surface area contributed by atoms with Crippen LogP contribution in [0, 0.1) is 6.92 Å². The van der Waals surface area contributed by atoms with Gasteiger partial charge in [0, 0.05) is 0 Å². The van der Waals surface area contributed by atoms with Crippen LogP contribution in [0.3, 0.4) is 0 Å². The molecule has 0 saturated heterocycles. The van der Waals surface area contributed by atoms with Crippen LogP contribution in [0.1, 0.15) is 41.4 Å². The number of hydrogen-bond donors (Lipinski definition) is 2. The molecule has 0 atom stereocenters. The van der Waals surface area contributed by atoms with Gasteiger partial charge in [-0.15, -0.1) is 0 Å². The van der Waals surface area contributed by atoms with Gasteiger partial charge in [-0.2, -0.15) is 5.10 Å². The zero-order chi connectivity index (χ0) is 14.0. The van der Waals surface area contributed by atoms with Gasteiger partial charge in [-0.05, 0) is 30.5 Å². The van der Waals surface area contributed by atoms with Crippen molar-refractivity contribution in [2.75, 3.05) is 0 Å². The predicted molar refractivity (Wildman–Crippen MR) is 71.6 cm³/mol. The fourth-order valence-electron chi connectivity index (χ4n) is 2.11. The maximum absolute atomic E-state index is 11.6. The average molecular weight is 259 g/mol. The third-order valence-corrected chi connectivity index (χ3v) is 2.95. The fraction of sp³-hybridized carbons (Fsp3) is 0.286. The van der Waals surface area contributed by atoms with E-state index in [1.807, 2.05) is 45.0 Å². The van der Waals surface area contributed by atoms with Crippen molar-refractivity contribution in [3.8, 4) is 5.69 Å². The summed E-state index contributed by atoms with van der Waals surface area (Å²) in [4.78, 5) is 11.6. The second kappa shape index (κ2) is 5.24. The highest BCUT2D eigenvalue weighted by atomic mass is 16.5. The number of aryl methyl sites for hydroxylation is 1. The maximum Gasteiger partial charge on any atom is 0.278 e. The number of nitrogens with one attached hydrogen (secondary N) is 1. The van der Waals surface area contributed by atoms with Gasteiger partial charge in [0.05, 0.1) is 23.1 Å². The second-order valence-electron chi connectivity index (χ2n) is 4.79. The van der Waals surface area contributed by atoms with Gasteiger partial charge >= 0.3 is 0 Å². The molecular weight excluding hydrogens is 242 g/mol. The summed E-state index contributed by atoms with van der Waals surface area (Å²) in [7, 11) is 0. The number of carbonyl (C=O) groups is 1. The molecular formula is C14H17N3O2. The number of benzene rings is 1. The van der Waals surface area contributed by atoms with Crippen molar-refractivity contribution in [1.82, 2.24) is 15.3 Å². The Morgan fingerprint density at radius 3 is 2.74 bits per heavy atom. The molecule has 0 aliphatic rings. The summed E-state index contributed by atoms with van der Waals surface area (Å²) in [6, 6.07) is 7.89. The first-order valence-corrected chi connectivity index (χ1v) is 6.14. The smallest absolute Gasteiger partial charge is 0.278 e. The Morgan fingerprint density at radius 2 is 2.16 bits per heavy atom. The highest BCUT2D eigenvalue weighted by molar-refractivity contribution is 5.94. The van der Waals surface area contributed by atoms with E-state index in [4.69, 9.17) is 5.21 Å². The van der Waals surface area contributed by atoms with Gasteiger partial charge in [0.1, 0.15) is 0 Å². The van der Waals surface area contributed by atoms with E-state index in [9.17, 15) is 4.79 Å². The number of hydrogen-bond acceptors (Lipinski definition) is 3. The van der Waals surface area contributed by atoms with Crippen LogP contribution in [-0.4, -0.2) is 20.9 Å². The van der Waals surface area contributed by atoms with Crippen LogP contribution in [0.5, 0.6) is 0 Å². The first-order valence-electron chi connectivity index (χ1n) is 6.14. The largest absolute Gasteiger partial charge is 0.288 e. The van der Waals surface area contributed by atoms with Gasteiger partial charge in [-0.25, -0.2) is 10.2 Å². The van der Waals surface area contributed by atoms with E-state index in [1.165, 1.54) is 6.20 Å². The number of rotatable bonds is 3. The fourth-order valence-corrected chi connectivity index (χ4v) is 2.11. The lowest BCUT2D eigenvalue weighted by Crippen LogP contribution is -2.20. The number of nitrogens with zero attached hydrogens (tertiary/aromatic N) is 2. The molecule has 100 valence electrons. The van der Waals surface area contributed by atoms with Gasteiger partial charge in [0.2, 0.25) is 0 Å². The van der Waals surface area contributed by atoms with Crippen molar-refractivity contribution in [3.63, 3.8) is 0 Å². The summed E-state index contributed by atoms with van der Waals surface area (Å²) in [5.41, 5.74) is 4.85. The molecule has 2 aromatic rings. The molecule has 0 spiro atoms. The van der Waals surface area contributed by atoms with E-state index in [0.29, 0.717) is 5.56 Å². The monoisotopic (exact) mass is 259 g/mol. The first kappa shape index (κ1) is 13.3. The predicted octanol–water partition coefficient (Wildman–Crippen LogP) is 2.42. The SMILES string of the molecule is Cc1cccc(-n2ncc(C(=O)NO)c2C(C)C)c1. The number of aromatic nitrogens is 2. The lowest BCUT2D eigenvalue weighted by molar-refractivity contribution is 0.0705.